The third kappa shape index (κ3) is 8.16. The van der Waals surface area contributed by atoms with E-state index in [1.54, 1.807) is 0 Å². The van der Waals surface area contributed by atoms with E-state index in [-0.39, 0.29) is 11.3 Å². The highest BCUT2D eigenvalue weighted by Crippen LogP contribution is 2.16. The molecule has 0 fully saturated rings. The highest BCUT2D eigenvalue weighted by Gasteiger charge is 2.26. The van der Waals surface area contributed by atoms with Gasteiger partial charge in [-0.3, -0.25) is 4.79 Å². The van der Waals surface area contributed by atoms with Crippen molar-refractivity contribution >= 4 is 5.91 Å². The smallest absolute Gasteiger partial charge is 0.237 e. The van der Waals surface area contributed by atoms with Gasteiger partial charge in [0.2, 0.25) is 5.91 Å². The summed E-state index contributed by atoms with van der Waals surface area (Å²) in [6.45, 7) is 12.2. The Hall–Kier alpha value is -0.610. The molecule has 0 aliphatic carbocycles. The average Bonchev–Trinajstić information content (AvgIpc) is 2.19. The molecule has 0 rings (SSSR count). The van der Waals surface area contributed by atoms with Gasteiger partial charge in [-0.1, -0.05) is 34.6 Å². The van der Waals surface area contributed by atoms with Gasteiger partial charge >= 0.3 is 0 Å². The number of ether oxygens (including phenoxy) is 1. The molecule has 1 amide bonds. The second-order valence-corrected chi connectivity index (χ2v) is 5.96. The molecule has 0 spiro atoms. The van der Waals surface area contributed by atoms with Crippen LogP contribution in [0.3, 0.4) is 0 Å². The van der Waals surface area contributed by atoms with Gasteiger partial charge in [0.25, 0.3) is 0 Å². The van der Waals surface area contributed by atoms with Crippen LogP contribution in [0.1, 0.15) is 41.0 Å². The van der Waals surface area contributed by atoms with Crippen LogP contribution < -0.4 is 11.1 Å². The number of carbonyl (C=O) groups excluding carboxylic acids is 1. The molecule has 17 heavy (non-hydrogen) atoms. The summed E-state index contributed by atoms with van der Waals surface area (Å²) in [5.74, 6) is 0.472. The van der Waals surface area contributed by atoms with Gasteiger partial charge in [-0.25, -0.2) is 0 Å². The number of nitrogens with two attached hydrogens (primary N) is 1. The molecule has 1 atom stereocenters. The minimum atomic E-state index is -0.459. The zero-order chi connectivity index (χ0) is 13.5. The first-order valence-electron chi connectivity index (χ1n) is 6.36. The van der Waals surface area contributed by atoms with Gasteiger partial charge in [-0.05, 0) is 17.8 Å². The van der Waals surface area contributed by atoms with Crippen molar-refractivity contribution in [1.29, 1.82) is 0 Å². The largest absolute Gasteiger partial charge is 0.381 e. The van der Waals surface area contributed by atoms with Crippen LogP contribution in [0.4, 0.5) is 0 Å². The summed E-state index contributed by atoms with van der Waals surface area (Å²) in [4.78, 5) is 11.7. The number of rotatable bonds is 7. The van der Waals surface area contributed by atoms with E-state index in [2.05, 4.69) is 19.2 Å². The Kier molecular flexibility index (Phi) is 7.39. The predicted molar refractivity (Wildman–Crippen MR) is 70.7 cm³/mol. The summed E-state index contributed by atoms with van der Waals surface area (Å²) < 4.78 is 5.42. The molecule has 0 unspecified atom stereocenters. The zero-order valence-electron chi connectivity index (χ0n) is 11.9. The second-order valence-electron chi connectivity index (χ2n) is 5.96. The van der Waals surface area contributed by atoms with Crippen LogP contribution in [0.15, 0.2) is 0 Å². The van der Waals surface area contributed by atoms with Crippen LogP contribution in [-0.2, 0) is 9.53 Å². The summed E-state index contributed by atoms with van der Waals surface area (Å²) >= 11 is 0. The topological polar surface area (TPSA) is 64.3 Å². The summed E-state index contributed by atoms with van der Waals surface area (Å²) in [5, 5.41) is 2.83. The van der Waals surface area contributed by atoms with Crippen LogP contribution in [0.2, 0.25) is 0 Å². The lowest BCUT2D eigenvalue weighted by Gasteiger charge is -2.25. The third-order valence-corrected chi connectivity index (χ3v) is 2.43. The molecular formula is C13H28N2O2. The van der Waals surface area contributed by atoms with Crippen molar-refractivity contribution in [2.24, 2.45) is 17.1 Å². The highest BCUT2D eigenvalue weighted by molar-refractivity contribution is 5.82. The summed E-state index contributed by atoms with van der Waals surface area (Å²) in [7, 11) is 0. The van der Waals surface area contributed by atoms with E-state index in [4.69, 9.17) is 10.5 Å². The maximum atomic E-state index is 11.7. The molecular weight excluding hydrogens is 216 g/mol. The third-order valence-electron chi connectivity index (χ3n) is 2.43. The molecule has 0 heterocycles. The predicted octanol–water partition coefficient (Wildman–Crippen LogP) is 1.54. The van der Waals surface area contributed by atoms with E-state index in [1.165, 1.54) is 0 Å². The molecule has 4 nitrogen and oxygen atoms in total. The molecule has 0 aliphatic heterocycles. The number of nitrogens with one attached hydrogen (secondary N) is 1. The van der Waals surface area contributed by atoms with Gasteiger partial charge in [0, 0.05) is 19.8 Å². The molecule has 0 aliphatic rings. The van der Waals surface area contributed by atoms with Gasteiger partial charge in [0.1, 0.15) is 0 Å². The van der Waals surface area contributed by atoms with Crippen LogP contribution in [-0.4, -0.2) is 31.7 Å². The zero-order valence-corrected chi connectivity index (χ0v) is 11.9. The van der Waals surface area contributed by atoms with Crippen LogP contribution in [0.25, 0.3) is 0 Å². The molecule has 0 aromatic carbocycles. The molecule has 0 radical (unpaired) electrons. The molecule has 0 saturated carbocycles. The monoisotopic (exact) mass is 244 g/mol. The average molecular weight is 244 g/mol. The minimum absolute atomic E-state index is 0.0821. The highest BCUT2D eigenvalue weighted by atomic mass is 16.5. The van der Waals surface area contributed by atoms with Crippen molar-refractivity contribution in [1.82, 2.24) is 5.32 Å². The Labute approximate surface area is 105 Å². The van der Waals surface area contributed by atoms with Gasteiger partial charge in [0.05, 0.1) is 6.04 Å². The minimum Gasteiger partial charge on any atom is -0.381 e. The van der Waals surface area contributed by atoms with Gasteiger partial charge < -0.3 is 15.8 Å². The van der Waals surface area contributed by atoms with Gasteiger partial charge in [0.15, 0.2) is 0 Å². The normalized spacial score (nSPS) is 13.8. The van der Waals surface area contributed by atoms with Crippen molar-refractivity contribution < 1.29 is 9.53 Å². The van der Waals surface area contributed by atoms with Crippen molar-refractivity contribution in [3.05, 3.63) is 0 Å². The molecule has 3 N–H and O–H groups in total. The quantitative estimate of drug-likeness (QED) is 0.668. The number of amides is 1. The summed E-state index contributed by atoms with van der Waals surface area (Å²) in [5.41, 5.74) is 5.64. The molecule has 4 heteroatoms. The van der Waals surface area contributed by atoms with E-state index in [0.717, 1.165) is 13.0 Å². The van der Waals surface area contributed by atoms with Crippen molar-refractivity contribution in [2.75, 3.05) is 19.8 Å². The lowest BCUT2D eigenvalue weighted by atomic mass is 9.87. The van der Waals surface area contributed by atoms with E-state index < -0.39 is 6.04 Å². The first-order valence-corrected chi connectivity index (χ1v) is 6.36. The van der Waals surface area contributed by atoms with Crippen molar-refractivity contribution in [3.8, 4) is 0 Å². The van der Waals surface area contributed by atoms with Gasteiger partial charge in [-0.2, -0.15) is 0 Å². The SMILES string of the molecule is CC(C)COCCCNC(=O)[C@H](N)C(C)(C)C. The van der Waals surface area contributed by atoms with Crippen LogP contribution in [0.5, 0.6) is 0 Å². The molecule has 0 aromatic heterocycles. The molecule has 0 saturated heterocycles. The van der Waals surface area contributed by atoms with Crippen molar-refractivity contribution in [3.63, 3.8) is 0 Å². The molecule has 0 aromatic rings. The maximum absolute atomic E-state index is 11.7. The van der Waals surface area contributed by atoms with E-state index in [1.807, 2.05) is 20.8 Å². The van der Waals surface area contributed by atoms with Crippen LogP contribution >= 0.6 is 0 Å². The van der Waals surface area contributed by atoms with Gasteiger partial charge in [-0.15, -0.1) is 0 Å². The first-order chi connectivity index (χ1) is 7.75. The fourth-order valence-corrected chi connectivity index (χ4v) is 1.21. The standard InChI is InChI=1S/C13H28N2O2/c1-10(2)9-17-8-6-7-15-12(16)11(14)13(3,4)5/h10-11H,6-9,14H2,1-5H3,(H,15,16)/t11-/m0/s1. The first kappa shape index (κ1) is 16.4. The fourth-order valence-electron chi connectivity index (χ4n) is 1.21. The lowest BCUT2D eigenvalue weighted by Crippen LogP contribution is -2.48. The van der Waals surface area contributed by atoms with E-state index >= 15 is 0 Å². The Bertz CT molecular complexity index is 222. The Morgan fingerprint density at radius 2 is 1.94 bits per heavy atom. The Morgan fingerprint density at radius 1 is 1.35 bits per heavy atom. The second kappa shape index (κ2) is 7.67. The van der Waals surface area contributed by atoms with E-state index in [9.17, 15) is 4.79 Å². The fraction of sp³-hybridized carbons (Fsp3) is 0.923. The lowest BCUT2D eigenvalue weighted by molar-refractivity contribution is -0.124. The Balaban J connectivity index is 3.59. The maximum Gasteiger partial charge on any atom is 0.237 e. The summed E-state index contributed by atoms with van der Waals surface area (Å²) in [6, 6.07) is -0.459. The number of hydrogen-bond donors (Lipinski definition) is 2. The molecule has 102 valence electrons. The van der Waals surface area contributed by atoms with Crippen molar-refractivity contribution in [2.45, 2.75) is 47.1 Å². The number of hydrogen-bond acceptors (Lipinski definition) is 3. The van der Waals surface area contributed by atoms with Crippen LogP contribution in [0, 0.1) is 11.3 Å². The Morgan fingerprint density at radius 3 is 2.41 bits per heavy atom. The van der Waals surface area contributed by atoms with E-state index in [0.29, 0.717) is 19.1 Å². The number of carbonyl (C=O) groups is 1. The summed E-state index contributed by atoms with van der Waals surface area (Å²) in [6.07, 6.45) is 0.829. The molecule has 0 bridgehead atoms.